The number of aryl methyl sites for hydroxylation is 1. The second-order valence-electron chi connectivity index (χ2n) is 6.44. The molecular formula is C18H25F3N2O3. The number of hydrogen-bond donors (Lipinski definition) is 3. The van der Waals surface area contributed by atoms with Crippen molar-refractivity contribution < 1.29 is 28.2 Å². The van der Waals surface area contributed by atoms with Gasteiger partial charge in [0, 0.05) is 13.1 Å². The van der Waals surface area contributed by atoms with Gasteiger partial charge in [-0.2, -0.15) is 0 Å². The lowest BCUT2D eigenvalue weighted by atomic mass is 9.90. The predicted octanol–water partition coefficient (Wildman–Crippen LogP) is 1.13. The molecule has 0 bridgehead atoms. The largest absolute Gasteiger partial charge is 0.388 e. The molecule has 146 valence electrons. The highest BCUT2D eigenvalue weighted by molar-refractivity contribution is 5.83. The van der Waals surface area contributed by atoms with Crippen molar-refractivity contribution in [3.05, 3.63) is 35.9 Å². The maximum absolute atomic E-state index is 14.0. The van der Waals surface area contributed by atoms with Crippen molar-refractivity contribution >= 4 is 5.91 Å². The van der Waals surface area contributed by atoms with Crippen molar-refractivity contribution in [2.75, 3.05) is 13.1 Å². The Morgan fingerprint density at radius 3 is 2.46 bits per heavy atom. The topological polar surface area (TPSA) is 72.8 Å². The predicted molar refractivity (Wildman–Crippen MR) is 90.6 cm³/mol. The van der Waals surface area contributed by atoms with Crippen molar-refractivity contribution in [2.45, 2.75) is 56.7 Å². The summed E-state index contributed by atoms with van der Waals surface area (Å²) in [5.41, 5.74) is 1.11. The number of aliphatic hydroxyl groups excluding tert-OH is 2. The molecule has 3 N–H and O–H groups in total. The minimum absolute atomic E-state index is 0.303. The van der Waals surface area contributed by atoms with E-state index in [0.717, 1.165) is 12.0 Å². The number of hydrogen-bond acceptors (Lipinski definition) is 4. The van der Waals surface area contributed by atoms with E-state index in [1.54, 1.807) is 6.92 Å². The fourth-order valence-electron chi connectivity index (χ4n) is 3.17. The van der Waals surface area contributed by atoms with Crippen molar-refractivity contribution in [3.63, 3.8) is 0 Å². The van der Waals surface area contributed by atoms with Crippen molar-refractivity contribution in [1.29, 1.82) is 0 Å². The molecule has 8 heteroatoms. The SMILES string of the molecule is CCN(CCCc1ccccc1)C(=O)[C@H]1N[C@H](C(F)F)[C@@H](O)[C@@H](F)[C@@H]1O. The number of rotatable bonds is 7. The molecule has 1 fully saturated rings. The number of piperidine rings is 1. The number of carbonyl (C=O) groups excluding carboxylic acids is 1. The van der Waals surface area contributed by atoms with Crippen LogP contribution in [0.3, 0.4) is 0 Å². The van der Waals surface area contributed by atoms with Crippen LogP contribution in [-0.2, 0) is 11.2 Å². The monoisotopic (exact) mass is 374 g/mol. The molecule has 1 aliphatic heterocycles. The van der Waals surface area contributed by atoms with Gasteiger partial charge in [0.1, 0.15) is 18.2 Å². The van der Waals surface area contributed by atoms with E-state index in [1.807, 2.05) is 30.3 Å². The molecule has 2 rings (SSSR count). The molecule has 1 heterocycles. The minimum Gasteiger partial charge on any atom is -0.388 e. The van der Waals surface area contributed by atoms with E-state index < -0.39 is 42.8 Å². The van der Waals surface area contributed by atoms with E-state index in [2.05, 4.69) is 5.32 Å². The Morgan fingerprint density at radius 1 is 1.23 bits per heavy atom. The molecule has 1 saturated heterocycles. The normalized spacial score (nSPS) is 29.0. The summed E-state index contributed by atoms with van der Waals surface area (Å²) in [6, 6.07) is 6.26. The highest BCUT2D eigenvalue weighted by Gasteiger charge is 2.50. The van der Waals surface area contributed by atoms with E-state index >= 15 is 0 Å². The summed E-state index contributed by atoms with van der Waals surface area (Å²) < 4.78 is 40.0. The Kier molecular flexibility index (Phi) is 7.43. The Morgan fingerprint density at radius 2 is 1.88 bits per heavy atom. The number of nitrogens with zero attached hydrogens (tertiary/aromatic N) is 1. The zero-order valence-corrected chi connectivity index (χ0v) is 14.6. The zero-order valence-electron chi connectivity index (χ0n) is 14.6. The van der Waals surface area contributed by atoms with Gasteiger partial charge in [-0.3, -0.25) is 10.1 Å². The number of carbonyl (C=O) groups is 1. The molecule has 1 aromatic carbocycles. The molecule has 0 aliphatic carbocycles. The van der Waals surface area contributed by atoms with Gasteiger partial charge in [-0.25, -0.2) is 13.2 Å². The molecule has 0 saturated carbocycles. The highest BCUT2D eigenvalue weighted by atomic mass is 19.3. The summed E-state index contributed by atoms with van der Waals surface area (Å²) in [5, 5.41) is 21.7. The summed E-state index contributed by atoms with van der Waals surface area (Å²) in [7, 11) is 0. The van der Waals surface area contributed by atoms with Crippen molar-refractivity contribution in [2.24, 2.45) is 0 Å². The van der Waals surface area contributed by atoms with E-state index in [-0.39, 0.29) is 0 Å². The number of amides is 1. The number of aliphatic hydroxyl groups is 2. The first-order valence-electron chi connectivity index (χ1n) is 8.74. The third-order valence-electron chi connectivity index (χ3n) is 4.70. The van der Waals surface area contributed by atoms with Crippen molar-refractivity contribution in [1.82, 2.24) is 10.2 Å². The summed E-state index contributed by atoms with van der Waals surface area (Å²) in [5.74, 6) is -0.645. The number of halogens is 3. The molecule has 1 amide bonds. The average molecular weight is 374 g/mol. The molecule has 1 aromatic rings. The summed E-state index contributed by atoms with van der Waals surface area (Å²) in [6.45, 7) is 2.38. The molecule has 1 aliphatic rings. The second kappa shape index (κ2) is 9.34. The van der Waals surface area contributed by atoms with Gasteiger partial charge in [0.25, 0.3) is 6.43 Å². The quantitative estimate of drug-likeness (QED) is 0.669. The first-order chi connectivity index (χ1) is 12.4. The van der Waals surface area contributed by atoms with Gasteiger partial charge in [-0.05, 0) is 25.3 Å². The van der Waals surface area contributed by atoms with Crippen LogP contribution in [0, 0.1) is 0 Å². The van der Waals surface area contributed by atoms with Gasteiger partial charge >= 0.3 is 0 Å². The molecule has 0 aromatic heterocycles. The lowest BCUT2D eigenvalue weighted by Gasteiger charge is -2.41. The van der Waals surface area contributed by atoms with Gasteiger partial charge < -0.3 is 15.1 Å². The third kappa shape index (κ3) is 4.75. The Hall–Kier alpha value is -1.64. The number of likely N-dealkylation sites (N-methyl/N-ethyl adjacent to an activating group) is 1. The van der Waals surface area contributed by atoms with Gasteiger partial charge in [0.15, 0.2) is 6.17 Å². The fraction of sp³-hybridized carbons (Fsp3) is 0.611. The van der Waals surface area contributed by atoms with Gasteiger partial charge in [0.2, 0.25) is 5.91 Å². The molecule has 5 nitrogen and oxygen atoms in total. The van der Waals surface area contributed by atoms with Crippen LogP contribution in [0.1, 0.15) is 18.9 Å². The minimum atomic E-state index is -3.06. The van der Waals surface area contributed by atoms with Crippen LogP contribution in [0.5, 0.6) is 0 Å². The molecule has 5 atom stereocenters. The lowest BCUT2D eigenvalue weighted by Crippen LogP contribution is -2.69. The zero-order chi connectivity index (χ0) is 19.3. The maximum atomic E-state index is 14.0. The molecule has 26 heavy (non-hydrogen) atoms. The van der Waals surface area contributed by atoms with Crippen LogP contribution in [0.15, 0.2) is 30.3 Å². The van der Waals surface area contributed by atoms with Gasteiger partial charge in [0.05, 0.1) is 6.04 Å². The third-order valence-corrected chi connectivity index (χ3v) is 4.70. The maximum Gasteiger partial charge on any atom is 0.256 e. The number of nitrogens with one attached hydrogen (secondary N) is 1. The Bertz CT molecular complexity index is 576. The van der Waals surface area contributed by atoms with Crippen LogP contribution in [0.2, 0.25) is 0 Å². The number of alkyl halides is 3. The fourth-order valence-corrected chi connectivity index (χ4v) is 3.17. The lowest BCUT2D eigenvalue weighted by molar-refractivity contribution is -0.149. The van der Waals surface area contributed by atoms with Crippen LogP contribution >= 0.6 is 0 Å². The van der Waals surface area contributed by atoms with E-state index in [9.17, 15) is 28.2 Å². The first-order valence-corrected chi connectivity index (χ1v) is 8.74. The average Bonchev–Trinajstić information content (AvgIpc) is 2.63. The first kappa shape index (κ1) is 20.7. The Balaban J connectivity index is 1.99. The molecule has 0 unspecified atom stereocenters. The van der Waals surface area contributed by atoms with E-state index in [4.69, 9.17) is 0 Å². The summed E-state index contributed by atoms with van der Waals surface area (Å²) in [4.78, 5) is 14.0. The Labute approximate surface area is 150 Å². The van der Waals surface area contributed by atoms with Crippen LogP contribution in [0.4, 0.5) is 13.2 Å². The standard InChI is InChI=1S/C18H25F3N2O3/c1-2-23(10-6-9-11-7-4-3-5-8-11)18(26)14-16(25)12(19)15(24)13(22-14)17(20)21/h3-5,7-8,12-17,22,24-25H,2,6,9-10H2,1H3/t12-,13+,14+,15+,16+/m1/s1. The van der Waals surface area contributed by atoms with Crippen molar-refractivity contribution in [3.8, 4) is 0 Å². The van der Waals surface area contributed by atoms with Gasteiger partial charge in [-0.15, -0.1) is 0 Å². The number of benzene rings is 1. The van der Waals surface area contributed by atoms with Crippen LogP contribution in [-0.4, -0.2) is 71.0 Å². The van der Waals surface area contributed by atoms with Crippen LogP contribution in [0.25, 0.3) is 0 Å². The molecule has 0 radical (unpaired) electrons. The summed E-state index contributed by atoms with van der Waals surface area (Å²) >= 11 is 0. The van der Waals surface area contributed by atoms with Gasteiger partial charge in [-0.1, -0.05) is 30.3 Å². The summed E-state index contributed by atoms with van der Waals surface area (Å²) in [6.07, 6.45) is -7.94. The van der Waals surface area contributed by atoms with E-state index in [0.29, 0.717) is 19.5 Å². The smallest absolute Gasteiger partial charge is 0.256 e. The van der Waals surface area contributed by atoms with E-state index in [1.165, 1.54) is 4.90 Å². The second-order valence-corrected chi connectivity index (χ2v) is 6.44. The highest BCUT2D eigenvalue weighted by Crippen LogP contribution is 2.23. The van der Waals surface area contributed by atoms with Crippen LogP contribution < -0.4 is 5.32 Å². The molecular weight excluding hydrogens is 349 g/mol. The molecule has 0 spiro atoms.